The molecule has 0 amide bonds. The van der Waals surface area contributed by atoms with Crippen molar-refractivity contribution in [3.63, 3.8) is 0 Å². The van der Waals surface area contributed by atoms with Gasteiger partial charge in [0.25, 0.3) is 0 Å². The summed E-state index contributed by atoms with van der Waals surface area (Å²) in [5.74, 6) is 0. The van der Waals surface area contributed by atoms with Crippen molar-refractivity contribution in [2.75, 3.05) is 26.2 Å². The molecule has 3 nitrogen and oxygen atoms in total. The highest BCUT2D eigenvalue weighted by atomic mass is 16.5. The third kappa shape index (κ3) is 4.94. The number of aliphatic hydroxyl groups excluding tert-OH is 1. The summed E-state index contributed by atoms with van der Waals surface area (Å²) in [5, 5.41) is 9.99. The second-order valence-corrected chi connectivity index (χ2v) is 5.61. The van der Waals surface area contributed by atoms with Crippen molar-refractivity contribution in [1.29, 1.82) is 0 Å². The Morgan fingerprint density at radius 2 is 1.65 bits per heavy atom. The van der Waals surface area contributed by atoms with E-state index >= 15 is 0 Å². The van der Waals surface area contributed by atoms with E-state index in [1.54, 1.807) is 0 Å². The van der Waals surface area contributed by atoms with Crippen LogP contribution >= 0.6 is 0 Å². The molecule has 1 saturated heterocycles. The minimum absolute atomic E-state index is 0.297. The summed E-state index contributed by atoms with van der Waals surface area (Å²) in [4.78, 5) is 2.40. The van der Waals surface area contributed by atoms with E-state index in [0.29, 0.717) is 12.7 Å². The minimum Gasteiger partial charge on any atom is -0.389 e. The lowest BCUT2D eigenvalue weighted by Gasteiger charge is -2.24. The van der Waals surface area contributed by atoms with Gasteiger partial charge in [-0.25, -0.2) is 0 Å². The molecule has 1 aliphatic heterocycles. The fraction of sp³-hybridized carbons (Fsp3) is 1.00. The minimum atomic E-state index is -0.297. The Bertz CT molecular complexity index is 196. The second-order valence-electron chi connectivity index (χ2n) is 5.61. The molecule has 0 aromatic carbocycles. The van der Waals surface area contributed by atoms with Gasteiger partial charge in [-0.2, -0.15) is 0 Å². The zero-order chi connectivity index (χ0) is 11.9. The summed E-state index contributed by atoms with van der Waals surface area (Å²) >= 11 is 0. The van der Waals surface area contributed by atoms with Crippen LogP contribution in [-0.2, 0) is 4.74 Å². The quantitative estimate of drug-likeness (QED) is 0.801. The lowest BCUT2D eigenvalue weighted by atomic mass is 10.2. The number of aliphatic hydroxyl groups is 1. The van der Waals surface area contributed by atoms with Crippen molar-refractivity contribution in [3.05, 3.63) is 0 Å². The summed E-state index contributed by atoms with van der Waals surface area (Å²) in [6, 6.07) is 0. The van der Waals surface area contributed by atoms with Crippen LogP contribution in [0.3, 0.4) is 0 Å². The topological polar surface area (TPSA) is 32.7 Å². The Morgan fingerprint density at radius 1 is 1.00 bits per heavy atom. The Labute approximate surface area is 105 Å². The zero-order valence-electron chi connectivity index (χ0n) is 10.9. The lowest BCUT2D eigenvalue weighted by Crippen LogP contribution is -2.36. The smallest absolute Gasteiger partial charge is 0.0900 e. The average Bonchev–Trinajstić information content (AvgIpc) is 2.72. The highest BCUT2D eigenvalue weighted by Gasteiger charge is 2.18. The van der Waals surface area contributed by atoms with E-state index < -0.39 is 0 Å². The first-order valence-electron chi connectivity index (χ1n) is 7.36. The van der Waals surface area contributed by atoms with Crippen molar-refractivity contribution in [3.8, 4) is 0 Å². The van der Waals surface area contributed by atoms with Crippen LogP contribution < -0.4 is 0 Å². The Morgan fingerprint density at radius 3 is 2.29 bits per heavy atom. The van der Waals surface area contributed by atoms with Gasteiger partial charge in [-0.3, -0.25) is 0 Å². The van der Waals surface area contributed by atoms with Crippen LogP contribution in [0.2, 0.25) is 0 Å². The monoisotopic (exact) mass is 241 g/mol. The molecule has 1 unspecified atom stereocenters. The highest BCUT2D eigenvalue weighted by Crippen LogP contribution is 2.21. The largest absolute Gasteiger partial charge is 0.389 e. The molecule has 0 spiro atoms. The predicted octanol–water partition coefficient (Wildman–Crippen LogP) is 2.18. The summed E-state index contributed by atoms with van der Waals surface area (Å²) in [6.45, 7) is 3.63. The normalized spacial score (nSPS) is 25.9. The number of hydrogen-bond donors (Lipinski definition) is 1. The molecule has 17 heavy (non-hydrogen) atoms. The van der Waals surface area contributed by atoms with E-state index in [2.05, 4.69) is 4.90 Å². The van der Waals surface area contributed by atoms with Gasteiger partial charge in [-0.05, 0) is 38.8 Å². The number of rotatable bonds is 5. The lowest BCUT2D eigenvalue weighted by molar-refractivity contribution is -0.0180. The Hall–Kier alpha value is -0.120. The van der Waals surface area contributed by atoms with E-state index in [9.17, 15) is 5.11 Å². The van der Waals surface area contributed by atoms with Crippen molar-refractivity contribution in [1.82, 2.24) is 4.90 Å². The molecule has 1 aliphatic carbocycles. The SMILES string of the molecule is OC(COC1CCCC1)CN1CCCCCC1. The van der Waals surface area contributed by atoms with Crippen LogP contribution in [0.4, 0.5) is 0 Å². The van der Waals surface area contributed by atoms with Gasteiger partial charge in [0.15, 0.2) is 0 Å². The molecule has 1 N–H and O–H groups in total. The first kappa shape index (κ1) is 13.3. The molecule has 100 valence electrons. The van der Waals surface area contributed by atoms with Crippen molar-refractivity contribution < 1.29 is 9.84 Å². The maximum absolute atomic E-state index is 9.99. The van der Waals surface area contributed by atoms with Gasteiger partial charge in [0.1, 0.15) is 0 Å². The van der Waals surface area contributed by atoms with Crippen LogP contribution in [0.25, 0.3) is 0 Å². The van der Waals surface area contributed by atoms with E-state index in [1.807, 2.05) is 0 Å². The van der Waals surface area contributed by atoms with Crippen molar-refractivity contribution in [2.45, 2.75) is 63.6 Å². The van der Waals surface area contributed by atoms with Gasteiger partial charge in [0, 0.05) is 6.54 Å². The third-order valence-corrected chi connectivity index (χ3v) is 3.99. The number of likely N-dealkylation sites (tertiary alicyclic amines) is 1. The second kappa shape index (κ2) is 7.34. The van der Waals surface area contributed by atoms with Gasteiger partial charge in [0.05, 0.1) is 18.8 Å². The summed E-state index contributed by atoms with van der Waals surface area (Å²) in [7, 11) is 0. The number of hydrogen-bond acceptors (Lipinski definition) is 3. The number of β-amino-alcohol motifs (C(OH)–C–C–N with tert-alkyl or cyclic N) is 1. The van der Waals surface area contributed by atoms with E-state index in [4.69, 9.17) is 4.74 Å². The molecule has 0 bridgehead atoms. The standard InChI is InChI=1S/C14H27NO2/c16-13(12-17-14-7-3-4-8-14)11-15-9-5-1-2-6-10-15/h13-14,16H,1-12H2. The molecular formula is C14H27NO2. The van der Waals surface area contributed by atoms with Gasteiger partial charge in [-0.1, -0.05) is 25.7 Å². The Balaban J connectivity index is 1.59. The van der Waals surface area contributed by atoms with Crippen LogP contribution in [0, 0.1) is 0 Å². The van der Waals surface area contributed by atoms with E-state index in [1.165, 1.54) is 51.4 Å². The van der Waals surface area contributed by atoms with Gasteiger partial charge >= 0.3 is 0 Å². The predicted molar refractivity (Wildman–Crippen MR) is 69.1 cm³/mol. The molecule has 0 radical (unpaired) electrons. The zero-order valence-corrected chi connectivity index (χ0v) is 10.9. The summed E-state index contributed by atoms with van der Waals surface area (Å²) in [5.41, 5.74) is 0. The fourth-order valence-corrected chi connectivity index (χ4v) is 2.97. The molecule has 3 heteroatoms. The summed E-state index contributed by atoms with van der Waals surface area (Å²) < 4.78 is 5.76. The van der Waals surface area contributed by atoms with E-state index in [-0.39, 0.29) is 6.10 Å². The highest BCUT2D eigenvalue weighted by molar-refractivity contribution is 4.70. The molecule has 2 rings (SSSR count). The fourth-order valence-electron chi connectivity index (χ4n) is 2.97. The number of nitrogens with zero attached hydrogens (tertiary/aromatic N) is 1. The number of ether oxygens (including phenoxy) is 1. The molecule has 1 heterocycles. The molecular weight excluding hydrogens is 214 g/mol. The van der Waals surface area contributed by atoms with Crippen molar-refractivity contribution in [2.24, 2.45) is 0 Å². The first-order chi connectivity index (χ1) is 8.34. The summed E-state index contributed by atoms with van der Waals surface area (Å²) in [6.07, 6.45) is 10.4. The molecule has 0 aromatic heterocycles. The van der Waals surface area contributed by atoms with Crippen molar-refractivity contribution >= 4 is 0 Å². The molecule has 0 aromatic rings. The maximum atomic E-state index is 9.99. The first-order valence-corrected chi connectivity index (χ1v) is 7.36. The average molecular weight is 241 g/mol. The molecule has 2 aliphatic rings. The molecule has 2 fully saturated rings. The molecule has 1 saturated carbocycles. The van der Waals surface area contributed by atoms with Crippen LogP contribution in [0.5, 0.6) is 0 Å². The van der Waals surface area contributed by atoms with Crippen LogP contribution in [0.1, 0.15) is 51.4 Å². The maximum Gasteiger partial charge on any atom is 0.0900 e. The Kier molecular flexibility index (Phi) is 5.75. The van der Waals surface area contributed by atoms with Gasteiger partial charge in [0.2, 0.25) is 0 Å². The van der Waals surface area contributed by atoms with Crippen LogP contribution in [0.15, 0.2) is 0 Å². The van der Waals surface area contributed by atoms with Gasteiger partial charge < -0.3 is 14.7 Å². The molecule has 1 atom stereocenters. The van der Waals surface area contributed by atoms with Crippen LogP contribution in [-0.4, -0.2) is 48.5 Å². The van der Waals surface area contributed by atoms with Gasteiger partial charge in [-0.15, -0.1) is 0 Å². The van der Waals surface area contributed by atoms with E-state index in [0.717, 1.165) is 19.6 Å². The third-order valence-electron chi connectivity index (χ3n) is 3.99.